The van der Waals surface area contributed by atoms with Crippen LogP contribution in [0.15, 0.2) is 48.5 Å². The predicted octanol–water partition coefficient (Wildman–Crippen LogP) is 3.01. The minimum absolute atomic E-state index is 0.00223. The fraction of sp³-hybridized carbons (Fsp3) is 0.364. The average Bonchev–Trinajstić information content (AvgIpc) is 2.72. The first-order chi connectivity index (χ1) is 13.6. The lowest BCUT2D eigenvalue weighted by atomic mass is 10.0. The molecule has 2 aliphatic heterocycles. The van der Waals surface area contributed by atoms with Gasteiger partial charge in [0.1, 0.15) is 0 Å². The summed E-state index contributed by atoms with van der Waals surface area (Å²) < 4.78 is 0. The molecular formula is C22H24ClN3O2. The van der Waals surface area contributed by atoms with Crippen LogP contribution in [-0.2, 0) is 22.6 Å². The smallest absolute Gasteiger partial charge is 0.240 e. The Balaban J connectivity index is 1.44. The molecule has 0 aliphatic carbocycles. The molecule has 5 nitrogen and oxygen atoms in total. The minimum atomic E-state index is -0.488. The average molecular weight is 398 g/mol. The summed E-state index contributed by atoms with van der Waals surface area (Å²) in [5.74, 6) is -0.0394. The number of rotatable bonds is 4. The molecule has 0 spiro atoms. The highest BCUT2D eigenvalue weighted by molar-refractivity contribution is 6.31. The molecule has 1 unspecified atom stereocenters. The van der Waals surface area contributed by atoms with Gasteiger partial charge in [-0.1, -0.05) is 48.0 Å². The summed E-state index contributed by atoms with van der Waals surface area (Å²) in [5.41, 5.74) is 3.11. The molecule has 1 fully saturated rings. The molecule has 2 aromatic carbocycles. The van der Waals surface area contributed by atoms with Gasteiger partial charge in [-0.25, -0.2) is 0 Å². The molecule has 0 bridgehead atoms. The van der Waals surface area contributed by atoms with Crippen LogP contribution >= 0.6 is 11.6 Å². The van der Waals surface area contributed by atoms with Gasteiger partial charge in [-0.15, -0.1) is 0 Å². The van der Waals surface area contributed by atoms with E-state index in [4.69, 9.17) is 11.6 Å². The van der Waals surface area contributed by atoms with Crippen LogP contribution < -0.4 is 10.2 Å². The number of halogens is 1. The first-order valence-electron chi connectivity index (χ1n) is 9.77. The van der Waals surface area contributed by atoms with E-state index in [9.17, 15) is 9.59 Å². The minimum Gasteiger partial charge on any atom is -0.336 e. The van der Waals surface area contributed by atoms with Gasteiger partial charge in [0.2, 0.25) is 11.8 Å². The second-order valence-electron chi connectivity index (χ2n) is 7.34. The molecule has 0 aromatic heterocycles. The summed E-state index contributed by atoms with van der Waals surface area (Å²) in [4.78, 5) is 29.6. The number of nitrogens with zero attached hydrogens (tertiary/aromatic N) is 2. The molecule has 6 heteroatoms. The van der Waals surface area contributed by atoms with E-state index in [-0.39, 0.29) is 18.2 Å². The molecule has 2 aliphatic rings. The molecule has 2 aromatic rings. The Morgan fingerprint density at radius 2 is 1.89 bits per heavy atom. The summed E-state index contributed by atoms with van der Waals surface area (Å²) in [7, 11) is 0. The molecule has 0 saturated carbocycles. The molecule has 28 heavy (non-hydrogen) atoms. The van der Waals surface area contributed by atoms with Crippen LogP contribution in [0.25, 0.3) is 0 Å². The number of anilines is 1. The molecule has 2 amide bonds. The predicted molar refractivity (Wildman–Crippen MR) is 110 cm³/mol. The number of fused-ring (bicyclic) bond motifs is 1. The van der Waals surface area contributed by atoms with Crippen LogP contribution in [0.2, 0.25) is 5.02 Å². The highest BCUT2D eigenvalue weighted by Gasteiger charge is 2.32. The molecular weight excluding hydrogens is 374 g/mol. The van der Waals surface area contributed by atoms with Crippen molar-refractivity contribution in [1.29, 1.82) is 0 Å². The van der Waals surface area contributed by atoms with Crippen molar-refractivity contribution < 1.29 is 9.59 Å². The van der Waals surface area contributed by atoms with Gasteiger partial charge in [-0.3, -0.25) is 9.59 Å². The quantitative estimate of drug-likeness (QED) is 0.862. The van der Waals surface area contributed by atoms with E-state index < -0.39 is 6.04 Å². The van der Waals surface area contributed by atoms with Crippen molar-refractivity contribution in [2.45, 2.75) is 31.8 Å². The lowest BCUT2D eigenvalue weighted by Crippen LogP contribution is -2.56. The number of benzene rings is 2. The van der Waals surface area contributed by atoms with Crippen molar-refractivity contribution in [3.8, 4) is 0 Å². The van der Waals surface area contributed by atoms with E-state index >= 15 is 0 Å². The van der Waals surface area contributed by atoms with E-state index in [1.165, 1.54) is 5.56 Å². The molecule has 2 heterocycles. The van der Waals surface area contributed by atoms with Crippen LogP contribution in [0.5, 0.6) is 0 Å². The second kappa shape index (κ2) is 8.33. The summed E-state index contributed by atoms with van der Waals surface area (Å²) in [5, 5.41) is 3.88. The van der Waals surface area contributed by atoms with Crippen molar-refractivity contribution in [2.75, 3.05) is 24.5 Å². The van der Waals surface area contributed by atoms with Crippen molar-refractivity contribution in [3.05, 3.63) is 64.7 Å². The normalized spacial score (nSPS) is 19.5. The van der Waals surface area contributed by atoms with E-state index in [0.717, 1.165) is 24.1 Å². The number of hydrogen-bond donors (Lipinski definition) is 1. The Hall–Kier alpha value is -2.37. The van der Waals surface area contributed by atoms with Crippen LogP contribution in [-0.4, -0.2) is 42.4 Å². The number of piperazine rings is 1. The number of amides is 2. The summed E-state index contributed by atoms with van der Waals surface area (Å²) in [6.45, 7) is 2.46. The fourth-order valence-electron chi connectivity index (χ4n) is 4.02. The Labute approximate surface area is 170 Å². The Kier molecular flexibility index (Phi) is 5.64. The number of hydrogen-bond acceptors (Lipinski definition) is 3. The largest absolute Gasteiger partial charge is 0.336 e. The van der Waals surface area contributed by atoms with E-state index in [2.05, 4.69) is 11.4 Å². The zero-order valence-electron chi connectivity index (χ0n) is 15.7. The zero-order valence-corrected chi connectivity index (χ0v) is 16.5. The van der Waals surface area contributed by atoms with Crippen LogP contribution in [0.4, 0.5) is 5.69 Å². The topological polar surface area (TPSA) is 52.7 Å². The monoisotopic (exact) mass is 397 g/mol. The fourth-order valence-corrected chi connectivity index (χ4v) is 4.21. The zero-order chi connectivity index (χ0) is 19.5. The summed E-state index contributed by atoms with van der Waals surface area (Å²) >= 11 is 6.25. The SMILES string of the molecule is O=C1C(CC(=O)N2CCCc3ccccc32)NCCN1Cc1ccccc1Cl. The summed E-state index contributed by atoms with van der Waals surface area (Å²) in [6, 6.07) is 15.1. The van der Waals surface area contributed by atoms with Crippen LogP contribution in [0, 0.1) is 0 Å². The van der Waals surface area contributed by atoms with Gasteiger partial charge in [0, 0.05) is 36.9 Å². The van der Waals surface area contributed by atoms with Crippen LogP contribution in [0.3, 0.4) is 0 Å². The van der Waals surface area contributed by atoms with Gasteiger partial charge < -0.3 is 15.1 Å². The molecule has 146 valence electrons. The Morgan fingerprint density at radius 1 is 1.11 bits per heavy atom. The number of aryl methyl sites for hydroxylation is 1. The number of nitrogens with one attached hydrogen (secondary N) is 1. The third kappa shape index (κ3) is 3.91. The van der Waals surface area contributed by atoms with Crippen molar-refractivity contribution in [1.82, 2.24) is 10.2 Å². The third-order valence-electron chi connectivity index (χ3n) is 5.49. The molecule has 4 rings (SSSR count). The maximum absolute atomic E-state index is 13.0. The lowest BCUT2D eigenvalue weighted by Gasteiger charge is -2.35. The lowest BCUT2D eigenvalue weighted by molar-refractivity contribution is -0.138. The highest BCUT2D eigenvalue weighted by Crippen LogP contribution is 2.27. The van der Waals surface area contributed by atoms with E-state index in [1.807, 2.05) is 47.4 Å². The Bertz CT molecular complexity index is 886. The van der Waals surface area contributed by atoms with Crippen molar-refractivity contribution in [2.24, 2.45) is 0 Å². The first-order valence-corrected chi connectivity index (χ1v) is 10.1. The standard InChI is InChI=1S/C22H24ClN3O2/c23-18-9-3-1-7-17(18)15-25-13-11-24-19(22(25)28)14-21(27)26-12-5-8-16-6-2-4-10-20(16)26/h1-4,6-7,9-10,19,24H,5,8,11-15H2. The number of carbonyl (C=O) groups is 2. The molecule has 1 atom stereocenters. The van der Waals surface area contributed by atoms with Gasteiger partial charge in [0.05, 0.1) is 12.5 Å². The van der Waals surface area contributed by atoms with E-state index in [0.29, 0.717) is 31.2 Å². The van der Waals surface area contributed by atoms with Crippen molar-refractivity contribution >= 4 is 29.1 Å². The number of para-hydroxylation sites is 1. The van der Waals surface area contributed by atoms with Gasteiger partial charge in [-0.2, -0.15) is 0 Å². The highest BCUT2D eigenvalue weighted by atomic mass is 35.5. The van der Waals surface area contributed by atoms with Crippen LogP contribution in [0.1, 0.15) is 24.0 Å². The molecule has 1 saturated heterocycles. The van der Waals surface area contributed by atoms with Gasteiger partial charge in [-0.05, 0) is 36.1 Å². The van der Waals surface area contributed by atoms with Gasteiger partial charge >= 0.3 is 0 Å². The molecule has 0 radical (unpaired) electrons. The Morgan fingerprint density at radius 3 is 2.75 bits per heavy atom. The van der Waals surface area contributed by atoms with Crippen molar-refractivity contribution in [3.63, 3.8) is 0 Å². The van der Waals surface area contributed by atoms with Gasteiger partial charge in [0.25, 0.3) is 0 Å². The summed E-state index contributed by atoms with van der Waals surface area (Å²) in [6.07, 6.45) is 2.12. The van der Waals surface area contributed by atoms with Gasteiger partial charge in [0.15, 0.2) is 0 Å². The molecule has 1 N–H and O–H groups in total. The second-order valence-corrected chi connectivity index (χ2v) is 7.75. The number of carbonyl (C=O) groups excluding carboxylic acids is 2. The third-order valence-corrected chi connectivity index (χ3v) is 5.86. The maximum atomic E-state index is 13.0. The van der Waals surface area contributed by atoms with E-state index in [1.54, 1.807) is 4.90 Å². The first kappa shape index (κ1) is 19.0. The maximum Gasteiger partial charge on any atom is 0.240 e.